The monoisotopic (exact) mass is 164 g/mol. The normalized spacial score (nSPS) is 12.9. The van der Waals surface area contributed by atoms with Crippen LogP contribution >= 0.6 is 0 Å². The maximum atomic E-state index is 3.92. The zero-order valence-electron chi connectivity index (χ0n) is 8.72. The lowest BCUT2D eigenvalue weighted by atomic mass is 10.0. The van der Waals surface area contributed by atoms with E-state index in [0.29, 0.717) is 5.92 Å². The van der Waals surface area contributed by atoms with Gasteiger partial charge in [-0.05, 0) is 24.8 Å². The van der Waals surface area contributed by atoms with Gasteiger partial charge in [-0.15, -0.1) is 0 Å². The van der Waals surface area contributed by atoms with E-state index in [-0.39, 0.29) is 0 Å². The van der Waals surface area contributed by atoms with Gasteiger partial charge in [0.05, 0.1) is 0 Å². The fourth-order valence-electron chi connectivity index (χ4n) is 0.954. The molecular weight excluding hydrogens is 144 g/mol. The van der Waals surface area contributed by atoms with Crippen molar-refractivity contribution in [3.63, 3.8) is 0 Å². The Kier molecular flexibility index (Phi) is 5.44. The van der Waals surface area contributed by atoms with Crippen molar-refractivity contribution in [3.05, 3.63) is 36.0 Å². The molecule has 0 heteroatoms. The van der Waals surface area contributed by atoms with Crippen molar-refractivity contribution in [3.8, 4) is 0 Å². The van der Waals surface area contributed by atoms with Gasteiger partial charge in [-0.25, -0.2) is 0 Å². The summed E-state index contributed by atoms with van der Waals surface area (Å²) in [5.41, 5.74) is 2.57. The molecule has 0 aromatic heterocycles. The molecule has 0 radical (unpaired) electrons. The van der Waals surface area contributed by atoms with Crippen LogP contribution in [0.5, 0.6) is 0 Å². The van der Waals surface area contributed by atoms with Crippen molar-refractivity contribution in [2.75, 3.05) is 0 Å². The van der Waals surface area contributed by atoms with E-state index in [1.165, 1.54) is 11.1 Å². The maximum absolute atomic E-state index is 3.92. The Hall–Kier alpha value is -0.780. The Morgan fingerprint density at radius 2 is 1.92 bits per heavy atom. The van der Waals surface area contributed by atoms with Gasteiger partial charge >= 0.3 is 0 Å². The molecule has 0 aromatic carbocycles. The Balaban J connectivity index is 4.22. The Morgan fingerprint density at radius 1 is 1.33 bits per heavy atom. The third kappa shape index (κ3) is 4.17. The minimum Gasteiger partial charge on any atom is -0.0958 e. The fourth-order valence-corrected chi connectivity index (χ4v) is 0.954. The molecule has 0 saturated heterocycles. The van der Waals surface area contributed by atoms with Gasteiger partial charge in [-0.1, -0.05) is 51.2 Å². The number of hydrogen-bond acceptors (Lipinski definition) is 0. The van der Waals surface area contributed by atoms with Crippen LogP contribution in [0.25, 0.3) is 0 Å². The standard InChI is InChI=1S/C12H20/c1-6-11(5)8-9-12(7-2)10(3)4/h7-10H,5-6H2,1-4H3/b9-8-,12-7+. The van der Waals surface area contributed by atoms with Crippen LogP contribution in [-0.2, 0) is 0 Å². The molecule has 0 aliphatic rings. The molecule has 0 nitrogen and oxygen atoms in total. The number of hydrogen-bond donors (Lipinski definition) is 0. The molecule has 0 bridgehead atoms. The maximum Gasteiger partial charge on any atom is -0.0222 e. The third-order valence-electron chi connectivity index (χ3n) is 1.97. The average molecular weight is 164 g/mol. The molecule has 0 heterocycles. The zero-order valence-corrected chi connectivity index (χ0v) is 8.72. The van der Waals surface area contributed by atoms with Gasteiger partial charge in [0.15, 0.2) is 0 Å². The summed E-state index contributed by atoms with van der Waals surface area (Å²) in [6.45, 7) is 12.5. The first-order valence-electron chi connectivity index (χ1n) is 4.63. The van der Waals surface area contributed by atoms with Crippen LogP contribution in [0.3, 0.4) is 0 Å². The molecule has 0 fully saturated rings. The molecule has 0 amide bonds. The van der Waals surface area contributed by atoms with Crippen LogP contribution in [0.4, 0.5) is 0 Å². The minimum absolute atomic E-state index is 0.607. The van der Waals surface area contributed by atoms with Gasteiger partial charge in [0.25, 0.3) is 0 Å². The topological polar surface area (TPSA) is 0 Å². The van der Waals surface area contributed by atoms with Gasteiger partial charge in [0.1, 0.15) is 0 Å². The van der Waals surface area contributed by atoms with Crippen LogP contribution in [0.1, 0.15) is 34.1 Å². The summed E-state index contributed by atoms with van der Waals surface area (Å²) in [6, 6.07) is 0. The summed E-state index contributed by atoms with van der Waals surface area (Å²) in [6.07, 6.45) is 7.46. The van der Waals surface area contributed by atoms with Crippen LogP contribution in [-0.4, -0.2) is 0 Å². The van der Waals surface area contributed by atoms with Crippen molar-refractivity contribution >= 4 is 0 Å². The van der Waals surface area contributed by atoms with E-state index in [0.717, 1.165) is 6.42 Å². The van der Waals surface area contributed by atoms with E-state index in [1.54, 1.807) is 0 Å². The molecule has 0 aromatic rings. The van der Waals surface area contributed by atoms with E-state index < -0.39 is 0 Å². The highest BCUT2D eigenvalue weighted by Gasteiger charge is 1.95. The van der Waals surface area contributed by atoms with Gasteiger partial charge < -0.3 is 0 Å². The summed E-state index contributed by atoms with van der Waals surface area (Å²) < 4.78 is 0. The second kappa shape index (κ2) is 5.82. The van der Waals surface area contributed by atoms with Gasteiger partial charge in [0, 0.05) is 0 Å². The van der Waals surface area contributed by atoms with E-state index >= 15 is 0 Å². The highest BCUT2D eigenvalue weighted by molar-refractivity contribution is 5.26. The fraction of sp³-hybridized carbons (Fsp3) is 0.500. The molecule has 0 unspecified atom stereocenters. The predicted molar refractivity (Wildman–Crippen MR) is 57.2 cm³/mol. The highest BCUT2D eigenvalue weighted by Crippen LogP contribution is 2.12. The molecule has 0 N–H and O–H groups in total. The Bertz CT molecular complexity index is 192. The van der Waals surface area contributed by atoms with Crippen LogP contribution in [0.15, 0.2) is 36.0 Å². The third-order valence-corrected chi connectivity index (χ3v) is 1.97. The summed E-state index contributed by atoms with van der Waals surface area (Å²) in [5, 5.41) is 0. The molecule has 0 atom stereocenters. The summed E-state index contributed by atoms with van der Waals surface area (Å²) in [7, 11) is 0. The van der Waals surface area contributed by atoms with Crippen molar-refractivity contribution < 1.29 is 0 Å². The number of allylic oxidation sites excluding steroid dienone is 5. The SMILES string of the molecule is C=C(/C=C\C(=C/C)C(C)C)CC. The van der Waals surface area contributed by atoms with Gasteiger partial charge in [-0.3, -0.25) is 0 Å². The first-order valence-corrected chi connectivity index (χ1v) is 4.63. The van der Waals surface area contributed by atoms with Crippen LogP contribution in [0.2, 0.25) is 0 Å². The summed E-state index contributed by atoms with van der Waals surface area (Å²) >= 11 is 0. The van der Waals surface area contributed by atoms with Crippen molar-refractivity contribution in [2.45, 2.75) is 34.1 Å². The van der Waals surface area contributed by atoms with Crippen LogP contribution in [0, 0.1) is 5.92 Å². The van der Waals surface area contributed by atoms with E-state index in [2.05, 4.69) is 52.5 Å². The van der Waals surface area contributed by atoms with Crippen molar-refractivity contribution in [1.29, 1.82) is 0 Å². The Morgan fingerprint density at radius 3 is 2.25 bits per heavy atom. The molecule has 0 saturated carbocycles. The second-order valence-electron chi connectivity index (χ2n) is 3.29. The number of rotatable bonds is 4. The molecule has 68 valence electrons. The predicted octanol–water partition coefficient (Wildman–Crippen LogP) is 4.11. The molecule has 0 rings (SSSR count). The summed E-state index contributed by atoms with van der Waals surface area (Å²) in [5.74, 6) is 0.607. The summed E-state index contributed by atoms with van der Waals surface area (Å²) in [4.78, 5) is 0. The van der Waals surface area contributed by atoms with E-state index in [9.17, 15) is 0 Å². The molecular formula is C12H20. The van der Waals surface area contributed by atoms with Gasteiger partial charge in [0.2, 0.25) is 0 Å². The molecule has 12 heavy (non-hydrogen) atoms. The lowest BCUT2D eigenvalue weighted by Crippen LogP contribution is -1.89. The Labute approximate surface area is 76.7 Å². The first-order chi connectivity index (χ1) is 5.61. The van der Waals surface area contributed by atoms with Crippen molar-refractivity contribution in [1.82, 2.24) is 0 Å². The lowest BCUT2D eigenvalue weighted by Gasteiger charge is -2.04. The molecule has 0 aliphatic carbocycles. The van der Waals surface area contributed by atoms with Crippen molar-refractivity contribution in [2.24, 2.45) is 5.92 Å². The largest absolute Gasteiger partial charge is 0.0958 e. The molecule has 0 aliphatic heterocycles. The lowest BCUT2D eigenvalue weighted by molar-refractivity contribution is 0.789. The highest BCUT2D eigenvalue weighted by atomic mass is 14.0. The quantitative estimate of drug-likeness (QED) is 0.548. The molecule has 0 spiro atoms. The van der Waals surface area contributed by atoms with E-state index in [1.807, 2.05) is 0 Å². The van der Waals surface area contributed by atoms with E-state index in [4.69, 9.17) is 0 Å². The minimum atomic E-state index is 0.607. The average Bonchev–Trinajstić information content (AvgIpc) is 2.04. The first kappa shape index (κ1) is 11.2. The van der Waals surface area contributed by atoms with Crippen LogP contribution < -0.4 is 0 Å². The van der Waals surface area contributed by atoms with Gasteiger partial charge in [-0.2, -0.15) is 0 Å². The second-order valence-corrected chi connectivity index (χ2v) is 3.29. The smallest absolute Gasteiger partial charge is 0.0222 e. The zero-order chi connectivity index (χ0) is 9.56.